The van der Waals surface area contributed by atoms with E-state index in [1.165, 1.54) is 10.6 Å². The maximum atomic E-state index is 6.28. The molecule has 3 nitrogen and oxygen atoms in total. The summed E-state index contributed by atoms with van der Waals surface area (Å²) in [5.74, 6) is 0. The zero-order chi connectivity index (χ0) is 14.7. The van der Waals surface area contributed by atoms with E-state index in [9.17, 15) is 0 Å². The van der Waals surface area contributed by atoms with Crippen LogP contribution >= 0.6 is 38.9 Å². The topological polar surface area (TPSA) is 29.9 Å². The van der Waals surface area contributed by atoms with Crippen molar-refractivity contribution in [2.24, 2.45) is 7.05 Å². The van der Waals surface area contributed by atoms with Crippen LogP contribution < -0.4 is 5.32 Å². The molecular formula is C14H19BrClN3S. The lowest BCUT2D eigenvalue weighted by Gasteiger charge is -2.17. The number of aromatic nitrogens is 2. The van der Waals surface area contributed by atoms with Gasteiger partial charge in [0.05, 0.1) is 20.9 Å². The number of halogens is 2. The van der Waals surface area contributed by atoms with Crippen LogP contribution in [0.5, 0.6) is 0 Å². The van der Waals surface area contributed by atoms with Crippen molar-refractivity contribution < 1.29 is 0 Å². The van der Waals surface area contributed by atoms with Crippen LogP contribution in [0.4, 0.5) is 0 Å². The summed E-state index contributed by atoms with van der Waals surface area (Å²) in [6.07, 6.45) is 1.80. The number of hydrogen-bond donors (Lipinski definition) is 1. The summed E-state index contributed by atoms with van der Waals surface area (Å²) in [6.45, 7) is 5.15. The molecule has 0 amide bonds. The Morgan fingerprint density at radius 3 is 2.75 bits per heavy atom. The van der Waals surface area contributed by atoms with Crippen LogP contribution in [0, 0.1) is 0 Å². The van der Waals surface area contributed by atoms with Crippen molar-refractivity contribution in [1.29, 1.82) is 0 Å². The Hall–Kier alpha value is -0.360. The molecule has 0 aliphatic rings. The van der Waals surface area contributed by atoms with E-state index in [0.717, 1.165) is 34.6 Å². The largest absolute Gasteiger partial charge is 0.309 e. The van der Waals surface area contributed by atoms with E-state index < -0.39 is 0 Å². The van der Waals surface area contributed by atoms with E-state index >= 15 is 0 Å². The van der Waals surface area contributed by atoms with Crippen molar-refractivity contribution in [3.8, 4) is 0 Å². The maximum Gasteiger partial charge on any atom is 0.0766 e. The average Bonchev–Trinajstić information content (AvgIpc) is 2.96. The van der Waals surface area contributed by atoms with Gasteiger partial charge in [-0.25, -0.2) is 0 Å². The third-order valence-electron chi connectivity index (χ3n) is 3.31. The van der Waals surface area contributed by atoms with Crippen molar-refractivity contribution in [1.82, 2.24) is 15.1 Å². The van der Waals surface area contributed by atoms with Gasteiger partial charge >= 0.3 is 0 Å². The van der Waals surface area contributed by atoms with Crippen molar-refractivity contribution in [2.75, 3.05) is 6.54 Å². The quantitative estimate of drug-likeness (QED) is 0.812. The van der Waals surface area contributed by atoms with Gasteiger partial charge in [0.15, 0.2) is 0 Å². The first-order chi connectivity index (χ1) is 9.58. The van der Waals surface area contributed by atoms with Gasteiger partial charge in [0.1, 0.15) is 0 Å². The van der Waals surface area contributed by atoms with Crippen LogP contribution in [0.25, 0.3) is 0 Å². The molecule has 2 heterocycles. The van der Waals surface area contributed by atoms with Gasteiger partial charge in [0.25, 0.3) is 0 Å². The third-order valence-corrected chi connectivity index (χ3v) is 5.70. The van der Waals surface area contributed by atoms with Crippen molar-refractivity contribution in [3.05, 3.63) is 37.2 Å². The molecule has 0 bridgehead atoms. The van der Waals surface area contributed by atoms with Gasteiger partial charge in [-0.15, -0.1) is 11.3 Å². The molecule has 1 unspecified atom stereocenters. The lowest BCUT2D eigenvalue weighted by Crippen LogP contribution is -2.23. The summed E-state index contributed by atoms with van der Waals surface area (Å²) in [6, 6.07) is 2.19. The molecule has 0 aliphatic heterocycles. The van der Waals surface area contributed by atoms with Crippen LogP contribution in [-0.4, -0.2) is 16.3 Å². The Morgan fingerprint density at radius 2 is 2.25 bits per heavy atom. The number of likely N-dealkylation sites (N-methyl/N-ethyl adjacent to an activating group) is 1. The highest BCUT2D eigenvalue weighted by Crippen LogP contribution is 2.33. The van der Waals surface area contributed by atoms with Crippen molar-refractivity contribution >= 4 is 38.9 Å². The second kappa shape index (κ2) is 7.07. The Morgan fingerprint density at radius 1 is 1.50 bits per heavy atom. The molecule has 0 saturated heterocycles. The van der Waals surface area contributed by atoms with Crippen LogP contribution in [0.15, 0.2) is 15.9 Å². The fraction of sp³-hybridized carbons (Fsp3) is 0.500. The first-order valence-electron chi connectivity index (χ1n) is 6.74. The monoisotopic (exact) mass is 375 g/mol. The second-order valence-corrected chi connectivity index (χ2v) is 6.78. The lowest BCUT2D eigenvalue weighted by atomic mass is 10.1. The van der Waals surface area contributed by atoms with Crippen LogP contribution in [-0.2, 0) is 19.9 Å². The fourth-order valence-electron chi connectivity index (χ4n) is 2.29. The summed E-state index contributed by atoms with van der Waals surface area (Å²) < 4.78 is 3.09. The summed E-state index contributed by atoms with van der Waals surface area (Å²) in [4.78, 5) is 1.19. The summed E-state index contributed by atoms with van der Waals surface area (Å²) in [5.41, 5.74) is 2.31. The van der Waals surface area contributed by atoms with Crippen molar-refractivity contribution in [3.63, 3.8) is 0 Å². The average molecular weight is 377 g/mol. The number of nitrogens with one attached hydrogen (secondary N) is 1. The van der Waals surface area contributed by atoms with Gasteiger partial charge in [-0.1, -0.05) is 25.4 Å². The zero-order valence-corrected chi connectivity index (χ0v) is 15.1. The van der Waals surface area contributed by atoms with Crippen LogP contribution in [0.1, 0.15) is 36.2 Å². The SMILES string of the molecule is CCNC(Cc1c(Br)c(CC)nn1C)c1sccc1Cl. The van der Waals surface area contributed by atoms with Gasteiger partial charge in [0, 0.05) is 24.4 Å². The maximum absolute atomic E-state index is 6.28. The zero-order valence-electron chi connectivity index (χ0n) is 11.9. The Kier molecular flexibility index (Phi) is 5.66. The summed E-state index contributed by atoms with van der Waals surface area (Å²) in [7, 11) is 2.00. The summed E-state index contributed by atoms with van der Waals surface area (Å²) in [5, 5.41) is 11.0. The van der Waals surface area contributed by atoms with Crippen LogP contribution in [0.2, 0.25) is 5.02 Å². The minimum atomic E-state index is 0.226. The Balaban J connectivity index is 2.29. The van der Waals surface area contributed by atoms with E-state index in [0.29, 0.717) is 0 Å². The fourth-order valence-corrected chi connectivity index (χ4v) is 4.34. The highest BCUT2D eigenvalue weighted by molar-refractivity contribution is 9.10. The molecule has 0 aliphatic carbocycles. The molecular weight excluding hydrogens is 358 g/mol. The van der Waals surface area contributed by atoms with Gasteiger partial charge in [-0.05, 0) is 40.3 Å². The molecule has 2 aromatic rings. The van der Waals surface area contributed by atoms with Gasteiger partial charge in [-0.2, -0.15) is 5.10 Å². The molecule has 1 N–H and O–H groups in total. The first kappa shape index (κ1) is 16.0. The van der Waals surface area contributed by atoms with E-state index in [2.05, 4.69) is 40.2 Å². The number of rotatable bonds is 6. The Bertz CT molecular complexity index is 579. The first-order valence-corrected chi connectivity index (χ1v) is 8.80. The van der Waals surface area contributed by atoms with Gasteiger partial charge in [-0.3, -0.25) is 4.68 Å². The predicted octanol–water partition coefficient (Wildman–Crippen LogP) is 4.35. The lowest BCUT2D eigenvalue weighted by molar-refractivity contribution is 0.535. The Labute approximate surface area is 137 Å². The molecule has 0 saturated carbocycles. The molecule has 2 aromatic heterocycles. The molecule has 0 radical (unpaired) electrons. The number of hydrogen-bond acceptors (Lipinski definition) is 3. The molecule has 0 aromatic carbocycles. The highest BCUT2D eigenvalue weighted by atomic mass is 79.9. The molecule has 6 heteroatoms. The number of thiophene rings is 1. The number of nitrogens with zero attached hydrogens (tertiary/aromatic N) is 2. The van der Waals surface area contributed by atoms with E-state index in [1.807, 2.05) is 23.2 Å². The smallest absolute Gasteiger partial charge is 0.0766 e. The van der Waals surface area contributed by atoms with Gasteiger partial charge in [0.2, 0.25) is 0 Å². The van der Waals surface area contributed by atoms with Crippen molar-refractivity contribution in [2.45, 2.75) is 32.7 Å². The summed E-state index contributed by atoms with van der Waals surface area (Å²) >= 11 is 11.7. The molecule has 0 spiro atoms. The molecule has 110 valence electrons. The predicted molar refractivity (Wildman–Crippen MR) is 89.7 cm³/mol. The molecule has 2 rings (SSSR count). The molecule has 20 heavy (non-hydrogen) atoms. The van der Waals surface area contributed by atoms with E-state index in [4.69, 9.17) is 11.6 Å². The molecule has 1 atom stereocenters. The minimum absolute atomic E-state index is 0.226. The standard InChI is InChI=1S/C14H19BrClN3S/c1-4-10-13(15)12(19(3)18-10)8-11(17-5-2)14-9(16)6-7-20-14/h6-7,11,17H,4-5,8H2,1-3H3. The van der Waals surface area contributed by atoms with Gasteiger partial charge < -0.3 is 5.32 Å². The minimum Gasteiger partial charge on any atom is -0.309 e. The number of aryl methyl sites for hydroxylation is 2. The third kappa shape index (κ3) is 3.27. The van der Waals surface area contributed by atoms with E-state index in [-0.39, 0.29) is 6.04 Å². The van der Waals surface area contributed by atoms with E-state index in [1.54, 1.807) is 11.3 Å². The highest BCUT2D eigenvalue weighted by Gasteiger charge is 2.21. The molecule has 0 fully saturated rings. The van der Waals surface area contributed by atoms with Crippen LogP contribution in [0.3, 0.4) is 0 Å². The second-order valence-electron chi connectivity index (χ2n) is 4.63. The normalized spacial score (nSPS) is 12.8.